The highest BCUT2D eigenvalue weighted by atomic mass is 32.2. The summed E-state index contributed by atoms with van der Waals surface area (Å²) in [6.45, 7) is 2.24. The Morgan fingerprint density at radius 1 is 1.32 bits per heavy atom. The molecular weight excluding hydrogens is 366 g/mol. The summed E-state index contributed by atoms with van der Waals surface area (Å²) in [5, 5.41) is 4.94. The first kappa shape index (κ1) is 19.4. The molecule has 0 aromatic carbocycles. The van der Waals surface area contributed by atoms with Gasteiger partial charge in [0.1, 0.15) is 5.84 Å². The van der Waals surface area contributed by atoms with E-state index in [1.54, 1.807) is 0 Å². The van der Waals surface area contributed by atoms with Gasteiger partial charge in [-0.2, -0.15) is 26.7 Å². The van der Waals surface area contributed by atoms with Crippen molar-refractivity contribution < 1.29 is 26.0 Å². The van der Waals surface area contributed by atoms with Gasteiger partial charge < -0.3 is 5.73 Å². The van der Waals surface area contributed by atoms with E-state index in [9.17, 15) is 26.0 Å². The van der Waals surface area contributed by atoms with Crippen molar-refractivity contribution in [3.63, 3.8) is 0 Å². The Hall–Kier alpha value is -1.95. The lowest BCUT2D eigenvalue weighted by atomic mass is 10.2. The number of hydrogen-bond acceptors (Lipinski definition) is 6. The van der Waals surface area contributed by atoms with Crippen molar-refractivity contribution in [2.24, 2.45) is 16.8 Å². The maximum absolute atomic E-state index is 14.1. The van der Waals surface area contributed by atoms with E-state index in [2.05, 4.69) is 10.1 Å². The van der Waals surface area contributed by atoms with Gasteiger partial charge in [-0.15, -0.1) is 0 Å². The Bertz CT molecular complexity index is 779. The average molecular weight is 383 g/mol. The van der Waals surface area contributed by atoms with Crippen LogP contribution >= 0.6 is 0 Å². The minimum Gasteiger partial charge on any atom is -0.326 e. The normalized spacial score (nSPS) is 16.4. The van der Waals surface area contributed by atoms with Crippen molar-refractivity contribution in [1.82, 2.24) is 9.29 Å². The Kier molecular flexibility index (Phi) is 5.23. The number of nitrogens with zero attached hydrogens (tertiary/aromatic N) is 4. The van der Waals surface area contributed by atoms with Crippen LogP contribution in [0.15, 0.2) is 17.4 Å². The number of nitrogens with two attached hydrogens (primary N) is 1. The minimum atomic E-state index is -5.57. The molecule has 0 radical (unpaired) electrons. The van der Waals surface area contributed by atoms with Gasteiger partial charge in [0.15, 0.2) is 11.6 Å². The van der Waals surface area contributed by atoms with Crippen LogP contribution in [0.25, 0.3) is 0 Å². The SMILES string of the molecule is CC(C)C1=NN(c2ncc(CN)cc2F)CCN1S(=O)(=O)C(F)(F)F. The van der Waals surface area contributed by atoms with Crippen LogP contribution in [0.5, 0.6) is 0 Å². The van der Waals surface area contributed by atoms with Crippen LogP contribution in [0, 0.1) is 11.7 Å². The van der Waals surface area contributed by atoms with Crippen molar-refractivity contribution in [2.45, 2.75) is 25.9 Å². The molecule has 1 aliphatic heterocycles. The van der Waals surface area contributed by atoms with Gasteiger partial charge in [-0.05, 0) is 11.6 Å². The summed E-state index contributed by atoms with van der Waals surface area (Å²) >= 11 is 0. The number of hydrazone groups is 1. The molecule has 0 saturated heterocycles. The Morgan fingerprint density at radius 2 is 1.96 bits per heavy atom. The largest absolute Gasteiger partial charge is 0.516 e. The Balaban J connectivity index is 2.45. The molecule has 25 heavy (non-hydrogen) atoms. The van der Waals surface area contributed by atoms with Gasteiger partial charge >= 0.3 is 15.5 Å². The van der Waals surface area contributed by atoms with E-state index < -0.39 is 33.8 Å². The molecule has 0 atom stereocenters. The zero-order valence-electron chi connectivity index (χ0n) is 13.5. The fraction of sp³-hybridized carbons (Fsp3) is 0.538. The predicted octanol–water partition coefficient (Wildman–Crippen LogP) is 1.62. The third-order valence-corrected chi connectivity index (χ3v) is 4.99. The van der Waals surface area contributed by atoms with Crippen LogP contribution in [0.2, 0.25) is 0 Å². The molecular formula is C13H17F4N5O2S. The van der Waals surface area contributed by atoms with Gasteiger partial charge in [-0.1, -0.05) is 13.8 Å². The second-order valence-corrected chi connectivity index (χ2v) is 7.47. The first-order chi connectivity index (χ1) is 11.5. The number of rotatable bonds is 4. The summed E-state index contributed by atoms with van der Waals surface area (Å²) in [7, 11) is -5.57. The molecule has 140 valence electrons. The first-order valence-corrected chi connectivity index (χ1v) is 8.72. The molecule has 2 N–H and O–H groups in total. The summed E-state index contributed by atoms with van der Waals surface area (Å²) in [5.74, 6) is -1.94. The summed E-state index contributed by atoms with van der Waals surface area (Å²) in [6, 6.07) is 1.14. The number of anilines is 1. The highest BCUT2D eigenvalue weighted by molar-refractivity contribution is 7.90. The Labute approximate surface area is 142 Å². The van der Waals surface area contributed by atoms with Gasteiger partial charge in [-0.3, -0.25) is 0 Å². The fourth-order valence-electron chi connectivity index (χ4n) is 2.22. The van der Waals surface area contributed by atoms with E-state index in [4.69, 9.17) is 5.73 Å². The van der Waals surface area contributed by atoms with E-state index in [0.717, 1.165) is 11.1 Å². The van der Waals surface area contributed by atoms with Crippen molar-refractivity contribution in [3.8, 4) is 0 Å². The minimum absolute atomic E-state index is 0.0717. The number of pyridine rings is 1. The van der Waals surface area contributed by atoms with Crippen LogP contribution in [0.1, 0.15) is 19.4 Å². The zero-order chi connectivity index (χ0) is 19.0. The molecule has 1 aromatic rings. The number of alkyl halides is 3. The molecule has 2 heterocycles. The number of sulfonamides is 1. The smallest absolute Gasteiger partial charge is 0.326 e. The van der Waals surface area contributed by atoms with Crippen molar-refractivity contribution >= 4 is 21.7 Å². The lowest BCUT2D eigenvalue weighted by Crippen LogP contribution is -2.52. The molecule has 0 bridgehead atoms. The van der Waals surface area contributed by atoms with Crippen LogP contribution in [0.3, 0.4) is 0 Å². The van der Waals surface area contributed by atoms with Crippen molar-refractivity contribution in [3.05, 3.63) is 23.6 Å². The molecule has 7 nitrogen and oxygen atoms in total. The number of amidine groups is 1. The Morgan fingerprint density at radius 3 is 2.44 bits per heavy atom. The third kappa shape index (κ3) is 3.68. The predicted molar refractivity (Wildman–Crippen MR) is 83.4 cm³/mol. The topological polar surface area (TPSA) is 91.9 Å². The molecule has 0 aliphatic carbocycles. The molecule has 2 rings (SSSR count). The second kappa shape index (κ2) is 6.75. The molecule has 0 fully saturated rings. The highest BCUT2D eigenvalue weighted by Crippen LogP contribution is 2.30. The lowest BCUT2D eigenvalue weighted by Gasteiger charge is -2.35. The van der Waals surface area contributed by atoms with Gasteiger partial charge in [0.2, 0.25) is 0 Å². The quantitative estimate of drug-likeness (QED) is 0.798. The standard InChI is InChI=1S/C13H17F4N5O2S/c1-8(2)11-20-21(12-10(14)5-9(6-18)7-19-12)3-4-22(11)25(23,24)13(15,16)17/h5,7-8H,3-4,6,18H2,1-2H3. The zero-order valence-corrected chi connectivity index (χ0v) is 14.3. The molecule has 12 heteroatoms. The van der Waals surface area contributed by atoms with Crippen molar-refractivity contribution in [2.75, 3.05) is 18.1 Å². The average Bonchev–Trinajstić information content (AvgIpc) is 2.53. The molecule has 1 aromatic heterocycles. The second-order valence-electron chi connectivity index (χ2n) is 5.61. The highest BCUT2D eigenvalue weighted by Gasteiger charge is 2.52. The fourth-order valence-corrected chi connectivity index (χ4v) is 3.29. The number of aromatic nitrogens is 1. The first-order valence-electron chi connectivity index (χ1n) is 7.28. The van der Waals surface area contributed by atoms with Crippen LogP contribution in [0.4, 0.5) is 23.4 Å². The van der Waals surface area contributed by atoms with E-state index in [1.165, 1.54) is 20.0 Å². The van der Waals surface area contributed by atoms with Crippen LogP contribution < -0.4 is 10.7 Å². The third-order valence-electron chi connectivity index (χ3n) is 3.45. The van der Waals surface area contributed by atoms with E-state index >= 15 is 0 Å². The summed E-state index contributed by atoms with van der Waals surface area (Å²) in [4.78, 5) is 3.88. The van der Waals surface area contributed by atoms with Gasteiger partial charge in [0.25, 0.3) is 0 Å². The van der Waals surface area contributed by atoms with E-state index in [1.807, 2.05) is 0 Å². The van der Waals surface area contributed by atoms with Crippen molar-refractivity contribution in [1.29, 1.82) is 0 Å². The van der Waals surface area contributed by atoms with Gasteiger partial charge in [-0.25, -0.2) is 18.7 Å². The number of hydrogen-bond donors (Lipinski definition) is 1. The lowest BCUT2D eigenvalue weighted by molar-refractivity contribution is -0.0473. The maximum atomic E-state index is 14.1. The molecule has 1 aliphatic rings. The number of halogens is 4. The molecule has 0 saturated carbocycles. The molecule has 0 amide bonds. The van der Waals surface area contributed by atoms with E-state index in [0.29, 0.717) is 5.56 Å². The van der Waals surface area contributed by atoms with Crippen LogP contribution in [-0.4, -0.2) is 42.1 Å². The van der Waals surface area contributed by atoms with Crippen LogP contribution in [-0.2, 0) is 16.6 Å². The van der Waals surface area contributed by atoms with E-state index in [-0.39, 0.29) is 29.0 Å². The van der Waals surface area contributed by atoms with Gasteiger partial charge in [0, 0.05) is 18.7 Å². The summed E-state index contributed by atoms with van der Waals surface area (Å²) < 4.78 is 76.3. The molecule has 0 unspecified atom stereocenters. The monoisotopic (exact) mass is 383 g/mol. The summed E-state index contributed by atoms with van der Waals surface area (Å²) in [5.41, 5.74) is 0.378. The summed E-state index contributed by atoms with van der Waals surface area (Å²) in [6.07, 6.45) is 1.32. The molecule has 0 spiro atoms. The maximum Gasteiger partial charge on any atom is 0.516 e. The van der Waals surface area contributed by atoms with Gasteiger partial charge in [0.05, 0.1) is 13.1 Å².